The third-order valence-electron chi connectivity index (χ3n) is 4.55. The molecule has 0 saturated carbocycles. The topological polar surface area (TPSA) is 67.9 Å². The van der Waals surface area contributed by atoms with Gasteiger partial charge in [-0.25, -0.2) is 4.79 Å². The number of amides is 1. The van der Waals surface area contributed by atoms with E-state index in [1.807, 2.05) is 24.3 Å². The molecule has 0 bridgehead atoms. The van der Waals surface area contributed by atoms with Gasteiger partial charge >= 0.3 is 5.97 Å². The van der Waals surface area contributed by atoms with Crippen molar-refractivity contribution < 1.29 is 19.1 Å². The molecule has 0 fully saturated rings. The molecule has 1 N–H and O–H groups in total. The van der Waals surface area contributed by atoms with Gasteiger partial charge in [0.25, 0.3) is 5.91 Å². The second-order valence-corrected chi connectivity index (χ2v) is 6.64. The highest BCUT2D eigenvalue weighted by molar-refractivity contribution is 5.95. The SMILES string of the molecule is CCN(c1ccc(C(=O)NCc2ccc(OC)c(C(=O)OC)c2)cc1)C(C)C. The summed E-state index contributed by atoms with van der Waals surface area (Å²) in [4.78, 5) is 26.6. The number of carbonyl (C=O) groups excluding carboxylic acids is 2. The highest BCUT2D eigenvalue weighted by Gasteiger charge is 2.14. The zero-order valence-corrected chi connectivity index (χ0v) is 17.1. The highest BCUT2D eigenvalue weighted by atomic mass is 16.5. The van der Waals surface area contributed by atoms with E-state index in [1.165, 1.54) is 14.2 Å². The molecule has 2 aromatic rings. The van der Waals surface area contributed by atoms with Crippen LogP contribution in [0.2, 0.25) is 0 Å². The fourth-order valence-corrected chi connectivity index (χ4v) is 3.07. The van der Waals surface area contributed by atoms with Crippen LogP contribution in [0.15, 0.2) is 42.5 Å². The van der Waals surface area contributed by atoms with Crippen LogP contribution in [0.1, 0.15) is 47.1 Å². The van der Waals surface area contributed by atoms with Crippen molar-refractivity contribution in [2.24, 2.45) is 0 Å². The number of ether oxygens (including phenoxy) is 2. The molecule has 1 amide bonds. The van der Waals surface area contributed by atoms with E-state index in [9.17, 15) is 9.59 Å². The first-order valence-electron chi connectivity index (χ1n) is 9.31. The van der Waals surface area contributed by atoms with Crippen LogP contribution in [0.4, 0.5) is 5.69 Å². The lowest BCUT2D eigenvalue weighted by molar-refractivity contribution is 0.0597. The van der Waals surface area contributed by atoms with Gasteiger partial charge in [0.1, 0.15) is 11.3 Å². The number of methoxy groups -OCH3 is 2. The number of nitrogens with one attached hydrogen (secondary N) is 1. The number of hydrogen-bond donors (Lipinski definition) is 1. The Balaban J connectivity index is 2.07. The quantitative estimate of drug-likeness (QED) is 0.704. The second kappa shape index (κ2) is 9.78. The van der Waals surface area contributed by atoms with Crippen molar-refractivity contribution in [2.75, 3.05) is 25.7 Å². The lowest BCUT2D eigenvalue weighted by atomic mass is 10.1. The number of benzene rings is 2. The molecule has 150 valence electrons. The third-order valence-corrected chi connectivity index (χ3v) is 4.55. The third kappa shape index (κ3) is 5.03. The summed E-state index contributed by atoms with van der Waals surface area (Å²) in [7, 11) is 2.81. The van der Waals surface area contributed by atoms with E-state index < -0.39 is 5.97 Å². The summed E-state index contributed by atoms with van der Waals surface area (Å²) in [6.45, 7) is 7.59. The van der Waals surface area contributed by atoms with E-state index in [4.69, 9.17) is 9.47 Å². The zero-order chi connectivity index (χ0) is 20.7. The van der Waals surface area contributed by atoms with Gasteiger partial charge in [-0.2, -0.15) is 0 Å². The summed E-state index contributed by atoms with van der Waals surface area (Å²) in [6, 6.07) is 13.1. The molecular formula is C22H28N2O4. The molecule has 0 aliphatic rings. The first kappa shape index (κ1) is 21.3. The number of nitrogens with zero attached hydrogens (tertiary/aromatic N) is 1. The lowest BCUT2D eigenvalue weighted by Gasteiger charge is -2.27. The van der Waals surface area contributed by atoms with Crippen molar-refractivity contribution in [1.82, 2.24) is 5.32 Å². The monoisotopic (exact) mass is 384 g/mol. The van der Waals surface area contributed by atoms with Crippen molar-refractivity contribution in [1.29, 1.82) is 0 Å². The largest absolute Gasteiger partial charge is 0.496 e. The molecular weight excluding hydrogens is 356 g/mol. The van der Waals surface area contributed by atoms with E-state index in [-0.39, 0.29) is 5.91 Å². The summed E-state index contributed by atoms with van der Waals surface area (Å²) in [5.74, 6) is -0.219. The minimum absolute atomic E-state index is 0.172. The van der Waals surface area contributed by atoms with Gasteiger partial charge < -0.3 is 19.7 Å². The molecule has 0 heterocycles. The van der Waals surface area contributed by atoms with Gasteiger partial charge in [0, 0.05) is 30.4 Å². The standard InChI is InChI=1S/C22H28N2O4/c1-6-24(15(2)3)18-10-8-17(9-11-18)21(25)23-14-16-7-12-20(27-4)19(13-16)22(26)28-5/h7-13,15H,6,14H2,1-5H3,(H,23,25). The smallest absolute Gasteiger partial charge is 0.341 e. The van der Waals surface area contributed by atoms with Gasteiger partial charge in [0.05, 0.1) is 14.2 Å². The average molecular weight is 384 g/mol. The summed E-state index contributed by atoms with van der Waals surface area (Å²) >= 11 is 0. The molecule has 0 atom stereocenters. The number of anilines is 1. The average Bonchev–Trinajstić information content (AvgIpc) is 2.71. The molecule has 0 saturated heterocycles. The molecule has 2 rings (SSSR count). The Morgan fingerprint density at radius 3 is 2.29 bits per heavy atom. The second-order valence-electron chi connectivity index (χ2n) is 6.64. The lowest BCUT2D eigenvalue weighted by Crippen LogP contribution is -2.30. The van der Waals surface area contributed by atoms with Gasteiger partial charge in [-0.15, -0.1) is 0 Å². The van der Waals surface area contributed by atoms with Gasteiger partial charge in [-0.05, 0) is 62.7 Å². The molecule has 0 aliphatic heterocycles. The Morgan fingerprint density at radius 1 is 1.07 bits per heavy atom. The molecule has 0 spiro atoms. The van der Waals surface area contributed by atoms with Gasteiger partial charge in [0.2, 0.25) is 0 Å². The predicted molar refractivity (Wildman–Crippen MR) is 110 cm³/mol. The van der Waals surface area contributed by atoms with Crippen molar-refractivity contribution in [3.63, 3.8) is 0 Å². The molecule has 6 nitrogen and oxygen atoms in total. The Labute approximate surface area is 166 Å². The molecule has 2 aromatic carbocycles. The van der Waals surface area contributed by atoms with Crippen LogP contribution >= 0.6 is 0 Å². The van der Waals surface area contributed by atoms with Crippen molar-refractivity contribution in [2.45, 2.75) is 33.4 Å². The first-order valence-corrected chi connectivity index (χ1v) is 9.31. The number of hydrogen-bond acceptors (Lipinski definition) is 5. The Kier molecular flexibility index (Phi) is 7.44. The van der Waals surface area contributed by atoms with E-state index >= 15 is 0 Å². The van der Waals surface area contributed by atoms with Crippen LogP contribution in [-0.2, 0) is 11.3 Å². The summed E-state index contributed by atoms with van der Waals surface area (Å²) in [5, 5.41) is 2.88. The van der Waals surface area contributed by atoms with Crippen molar-refractivity contribution in [3.05, 3.63) is 59.2 Å². The Morgan fingerprint density at radius 2 is 1.75 bits per heavy atom. The van der Waals surface area contributed by atoms with Gasteiger partial charge in [-0.3, -0.25) is 4.79 Å². The predicted octanol–water partition coefficient (Wildman–Crippen LogP) is 3.65. The van der Waals surface area contributed by atoms with E-state index in [1.54, 1.807) is 18.2 Å². The molecule has 0 unspecified atom stereocenters. The maximum Gasteiger partial charge on any atom is 0.341 e. The first-order chi connectivity index (χ1) is 13.4. The van der Waals surface area contributed by atoms with E-state index in [0.29, 0.717) is 29.5 Å². The van der Waals surface area contributed by atoms with Crippen LogP contribution in [-0.4, -0.2) is 38.7 Å². The fourth-order valence-electron chi connectivity index (χ4n) is 3.07. The van der Waals surface area contributed by atoms with Gasteiger partial charge in [0.15, 0.2) is 0 Å². The summed E-state index contributed by atoms with van der Waals surface area (Å²) in [5.41, 5.74) is 2.79. The van der Waals surface area contributed by atoms with Crippen molar-refractivity contribution >= 4 is 17.6 Å². The molecule has 6 heteroatoms. The number of rotatable bonds is 8. The highest BCUT2D eigenvalue weighted by Crippen LogP contribution is 2.21. The maximum absolute atomic E-state index is 12.5. The molecule has 0 aromatic heterocycles. The normalized spacial score (nSPS) is 10.5. The van der Waals surface area contributed by atoms with E-state index in [0.717, 1.165) is 17.8 Å². The van der Waals surface area contributed by atoms with Crippen LogP contribution in [0.5, 0.6) is 5.75 Å². The van der Waals surface area contributed by atoms with Crippen molar-refractivity contribution in [3.8, 4) is 5.75 Å². The Hall–Kier alpha value is -3.02. The molecule has 0 aliphatic carbocycles. The zero-order valence-electron chi connectivity index (χ0n) is 17.1. The minimum Gasteiger partial charge on any atom is -0.496 e. The fraction of sp³-hybridized carbons (Fsp3) is 0.364. The number of esters is 1. The van der Waals surface area contributed by atoms with Crippen LogP contribution < -0.4 is 15.0 Å². The molecule has 0 radical (unpaired) electrons. The summed E-state index contributed by atoms with van der Waals surface area (Å²) < 4.78 is 9.96. The Bertz CT molecular complexity index is 816. The number of carbonyl (C=O) groups is 2. The van der Waals surface area contributed by atoms with Crippen LogP contribution in [0.25, 0.3) is 0 Å². The van der Waals surface area contributed by atoms with Crippen LogP contribution in [0, 0.1) is 0 Å². The minimum atomic E-state index is -0.480. The summed E-state index contributed by atoms with van der Waals surface area (Å²) in [6.07, 6.45) is 0. The van der Waals surface area contributed by atoms with E-state index in [2.05, 4.69) is 31.0 Å². The van der Waals surface area contributed by atoms with Crippen LogP contribution in [0.3, 0.4) is 0 Å². The maximum atomic E-state index is 12.5. The molecule has 28 heavy (non-hydrogen) atoms. The van der Waals surface area contributed by atoms with Gasteiger partial charge in [-0.1, -0.05) is 6.07 Å².